The number of aromatic nitrogens is 1. The lowest BCUT2D eigenvalue weighted by Gasteiger charge is -2.31. The van der Waals surface area contributed by atoms with Gasteiger partial charge in [0.1, 0.15) is 5.15 Å². The first-order chi connectivity index (χ1) is 6.75. The summed E-state index contributed by atoms with van der Waals surface area (Å²) in [6.07, 6.45) is 1.76. The van der Waals surface area contributed by atoms with Crippen LogP contribution >= 0.6 is 11.6 Å². The van der Waals surface area contributed by atoms with E-state index in [1.165, 1.54) is 5.56 Å². The Morgan fingerprint density at radius 2 is 2.50 bits per heavy atom. The van der Waals surface area contributed by atoms with Crippen molar-refractivity contribution in [3.63, 3.8) is 0 Å². The van der Waals surface area contributed by atoms with Crippen LogP contribution in [0.15, 0.2) is 18.3 Å². The number of halogens is 1. The van der Waals surface area contributed by atoms with Crippen LogP contribution in [0.5, 0.6) is 0 Å². The summed E-state index contributed by atoms with van der Waals surface area (Å²) < 4.78 is 0. The van der Waals surface area contributed by atoms with Crippen LogP contribution in [0, 0.1) is 0 Å². The zero-order valence-electron chi connectivity index (χ0n) is 8.20. The highest BCUT2D eigenvalue weighted by atomic mass is 35.5. The number of piperazine rings is 1. The van der Waals surface area contributed by atoms with Crippen molar-refractivity contribution in [2.45, 2.75) is 6.04 Å². The van der Waals surface area contributed by atoms with Gasteiger partial charge in [-0.1, -0.05) is 11.6 Å². The molecule has 1 aromatic heterocycles. The summed E-state index contributed by atoms with van der Waals surface area (Å²) >= 11 is 5.85. The minimum Gasteiger partial charge on any atom is -0.308 e. The van der Waals surface area contributed by atoms with E-state index in [-0.39, 0.29) is 0 Å². The van der Waals surface area contributed by atoms with Crippen molar-refractivity contribution in [1.82, 2.24) is 15.2 Å². The van der Waals surface area contributed by atoms with Crippen LogP contribution in [-0.2, 0) is 0 Å². The molecule has 76 valence electrons. The number of hydrogen-bond donors (Lipinski definition) is 1. The monoisotopic (exact) mass is 211 g/mol. The van der Waals surface area contributed by atoms with Gasteiger partial charge in [-0.15, -0.1) is 0 Å². The Morgan fingerprint density at radius 3 is 3.21 bits per heavy atom. The van der Waals surface area contributed by atoms with E-state index >= 15 is 0 Å². The second kappa shape index (κ2) is 4.26. The molecule has 14 heavy (non-hydrogen) atoms. The van der Waals surface area contributed by atoms with Crippen molar-refractivity contribution >= 4 is 11.6 Å². The van der Waals surface area contributed by atoms with E-state index in [9.17, 15) is 0 Å². The number of likely N-dealkylation sites (N-methyl/N-ethyl adjacent to an activating group) is 1. The van der Waals surface area contributed by atoms with E-state index in [0.29, 0.717) is 11.2 Å². The average Bonchev–Trinajstić information content (AvgIpc) is 2.18. The lowest BCUT2D eigenvalue weighted by atomic mass is 10.1. The van der Waals surface area contributed by atoms with E-state index in [1.54, 1.807) is 6.20 Å². The Hall–Kier alpha value is -0.640. The molecule has 3 nitrogen and oxygen atoms in total. The first-order valence-corrected chi connectivity index (χ1v) is 5.17. The van der Waals surface area contributed by atoms with Crippen molar-refractivity contribution in [2.24, 2.45) is 0 Å². The molecule has 0 saturated carbocycles. The van der Waals surface area contributed by atoms with E-state index in [2.05, 4.69) is 22.2 Å². The summed E-state index contributed by atoms with van der Waals surface area (Å²) in [5.41, 5.74) is 1.22. The predicted octanol–water partition coefficient (Wildman–Crippen LogP) is 1.31. The van der Waals surface area contributed by atoms with Gasteiger partial charge in [-0.25, -0.2) is 4.98 Å². The van der Waals surface area contributed by atoms with Gasteiger partial charge in [-0.3, -0.25) is 0 Å². The molecule has 1 saturated heterocycles. The topological polar surface area (TPSA) is 28.2 Å². The minimum absolute atomic E-state index is 0.384. The van der Waals surface area contributed by atoms with Crippen LogP contribution in [0.25, 0.3) is 0 Å². The maximum atomic E-state index is 5.85. The Kier molecular flexibility index (Phi) is 3.01. The van der Waals surface area contributed by atoms with Crippen LogP contribution in [0.4, 0.5) is 0 Å². The fraction of sp³-hybridized carbons (Fsp3) is 0.500. The quantitative estimate of drug-likeness (QED) is 0.711. The molecule has 4 heteroatoms. The van der Waals surface area contributed by atoms with E-state index in [4.69, 9.17) is 11.6 Å². The van der Waals surface area contributed by atoms with Gasteiger partial charge in [0, 0.05) is 31.9 Å². The fourth-order valence-corrected chi connectivity index (χ4v) is 1.94. The molecule has 2 rings (SSSR count). The molecule has 1 aromatic rings. The molecular formula is C10H14ClN3. The van der Waals surface area contributed by atoms with Gasteiger partial charge in [0.05, 0.1) is 0 Å². The lowest BCUT2D eigenvalue weighted by molar-refractivity contribution is 0.241. The number of rotatable bonds is 1. The third-order valence-corrected chi connectivity index (χ3v) is 2.74. The Labute approximate surface area is 89.1 Å². The van der Waals surface area contributed by atoms with Crippen LogP contribution in [0.1, 0.15) is 11.6 Å². The molecule has 0 bridgehead atoms. The Balaban J connectivity index is 2.14. The second-order valence-corrected chi connectivity index (χ2v) is 4.07. The molecule has 2 heterocycles. The highest BCUT2D eigenvalue weighted by Crippen LogP contribution is 2.18. The van der Waals surface area contributed by atoms with Gasteiger partial charge < -0.3 is 10.2 Å². The van der Waals surface area contributed by atoms with Crippen LogP contribution in [0.2, 0.25) is 5.15 Å². The molecule has 1 aliphatic heterocycles. The van der Waals surface area contributed by atoms with Crippen molar-refractivity contribution in [3.05, 3.63) is 29.0 Å². The third-order valence-electron chi connectivity index (χ3n) is 2.53. The summed E-state index contributed by atoms with van der Waals surface area (Å²) in [6.45, 7) is 3.16. The Bertz CT molecular complexity index is 316. The van der Waals surface area contributed by atoms with Crippen LogP contribution in [0.3, 0.4) is 0 Å². The van der Waals surface area contributed by atoms with Crippen molar-refractivity contribution < 1.29 is 0 Å². The van der Waals surface area contributed by atoms with Gasteiger partial charge in [-0.05, 0) is 24.7 Å². The minimum atomic E-state index is 0.384. The van der Waals surface area contributed by atoms with Crippen molar-refractivity contribution in [3.8, 4) is 0 Å². The molecule has 0 radical (unpaired) electrons. The molecule has 1 unspecified atom stereocenters. The summed E-state index contributed by atoms with van der Waals surface area (Å²) in [4.78, 5) is 6.29. The summed E-state index contributed by atoms with van der Waals surface area (Å²) in [6, 6.07) is 4.33. The normalized spacial score (nSPS) is 23.7. The number of nitrogens with zero attached hydrogens (tertiary/aromatic N) is 2. The number of hydrogen-bond acceptors (Lipinski definition) is 3. The third kappa shape index (κ3) is 2.23. The molecule has 1 aliphatic rings. The largest absolute Gasteiger partial charge is 0.308 e. The molecule has 0 amide bonds. The van der Waals surface area contributed by atoms with E-state index in [0.717, 1.165) is 19.6 Å². The fourth-order valence-electron chi connectivity index (χ4n) is 1.75. The molecule has 1 N–H and O–H groups in total. The molecule has 1 atom stereocenters. The molecule has 0 aromatic carbocycles. The van der Waals surface area contributed by atoms with Gasteiger partial charge >= 0.3 is 0 Å². The smallest absolute Gasteiger partial charge is 0.129 e. The molecule has 0 spiro atoms. The maximum absolute atomic E-state index is 5.85. The maximum Gasteiger partial charge on any atom is 0.129 e. The highest BCUT2D eigenvalue weighted by Gasteiger charge is 2.17. The highest BCUT2D eigenvalue weighted by molar-refractivity contribution is 6.29. The number of pyridine rings is 1. The van der Waals surface area contributed by atoms with E-state index in [1.807, 2.05) is 12.1 Å². The predicted molar refractivity (Wildman–Crippen MR) is 57.5 cm³/mol. The van der Waals surface area contributed by atoms with Crippen LogP contribution < -0.4 is 5.32 Å². The zero-order valence-corrected chi connectivity index (χ0v) is 8.96. The lowest BCUT2D eigenvalue weighted by Crippen LogP contribution is -2.43. The SMILES string of the molecule is CN1CCNC(c2ccnc(Cl)c2)C1. The molecular weight excluding hydrogens is 198 g/mol. The van der Waals surface area contributed by atoms with Crippen molar-refractivity contribution in [1.29, 1.82) is 0 Å². The second-order valence-electron chi connectivity index (χ2n) is 3.68. The zero-order chi connectivity index (χ0) is 9.97. The summed E-state index contributed by atoms with van der Waals surface area (Å²) in [5.74, 6) is 0. The molecule has 0 aliphatic carbocycles. The van der Waals surface area contributed by atoms with Crippen LogP contribution in [-0.4, -0.2) is 36.6 Å². The van der Waals surface area contributed by atoms with Gasteiger partial charge in [0.2, 0.25) is 0 Å². The van der Waals surface area contributed by atoms with Crippen molar-refractivity contribution in [2.75, 3.05) is 26.7 Å². The average molecular weight is 212 g/mol. The first-order valence-electron chi connectivity index (χ1n) is 4.79. The first kappa shape index (κ1) is 9.90. The number of nitrogens with one attached hydrogen (secondary N) is 1. The Morgan fingerprint density at radius 1 is 1.64 bits per heavy atom. The standard InChI is InChI=1S/C10H14ClN3/c1-14-5-4-12-9(7-14)8-2-3-13-10(11)6-8/h2-3,6,9,12H,4-5,7H2,1H3. The summed E-state index contributed by atoms with van der Waals surface area (Å²) in [5, 5.41) is 4.03. The van der Waals surface area contributed by atoms with Gasteiger partial charge in [0.25, 0.3) is 0 Å². The van der Waals surface area contributed by atoms with Gasteiger partial charge in [-0.2, -0.15) is 0 Å². The van der Waals surface area contributed by atoms with E-state index < -0.39 is 0 Å². The summed E-state index contributed by atoms with van der Waals surface area (Å²) in [7, 11) is 2.14. The molecule has 1 fully saturated rings. The van der Waals surface area contributed by atoms with Gasteiger partial charge in [0.15, 0.2) is 0 Å².